The molecule has 2 rings (SSSR count). The molecule has 0 radical (unpaired) electrons. The molecule has 0 atom stereocenters. The maximum Gasteiger partial charge on any atom is 0.352 e. The highest BCUT2D eigenvalue weighted by Gasteiger charge is 2.19. The summed E-state index contributed by atoms with van der Waals surface area (Å²) < 4.78 is 5.80. The molecule has 0 aliphatic rings. The highest BCUT2D eigenvalue weighted by atomic mass is 16.5. The molecule has 1 aromatic carbocycles. The van der Waals surface area contributed by atoms with E-state index in [1.807, 2.05) is 13.0 Å². The number of nitrogens with two attached hydrogens (primary N) is 2. The molecule has 0 bridgehead atoms. The van der Waals surface area contributed by atoms with Crippen LogP contribution in [0.1, 0.15) is 16.7 Å². The van der Waals surface area contributed by atoms with Gasteiger partial charge in [0.15, 0.2) is 0 Å². The number of aromatic nitrogens is 1. The molecule has 0 saturated carbocycles. The summed E-state index contributed by atoms with van der Waals surface area (Å²) in [5.74, 6) is 14.6. The van der Waals surface area contributed by atoms with Crippen molar-refractivity contribution < 1.29 is 9.53 Å². The Hall–Kier alpha value is -3.08. The van der Waals surface area contributed by atoms with E-state index in [1.165, 1.54) is 7.05 Å². The predicted molar refractivity (Wildman–Crippen MR) is 91.7 cm³/mol. The van der Waals surface area contributed by atoms with Crippen molar-refractivity contribution in [1.82, 2.24) is 9.99 Å². The van der Waals surface area contributed by atoms with Crippen molar-refractivity contribution >= 4 is 11.7 Å². The van der Waals surface area contributed by atoms with Crippen molar-refractivity contribution in [1.29, 1.82) is 0 Å². The van der Waals surface area contributed by atoms with Crippen LogP contribution in [0.25, 0.3) is 0 Å². The van der Waals surface area contributed by atoms with E-state index in [2.05, 4.69) is 10.9 Å². The van der Waals surface area contributed by atoms with Crippen LogP contribution in [0, 0.1) is 19.3 Å². The lowest BCUT2D eigenvalue weighted by Gasteiger charge is -2.24. The second-order valence-corrected chi connectivity index (χ2v) is 5.14. The monoisotopic (exact) mass is 325 g/mol. The summed E-state index contributed by atoms with van der Waals surface area (Å²) in [6, 6.07) is 6.40. The first-order valence-corrected chi connectivity index (χ1v) is 7.14. The van der Waals surface area contributed by atoms with Crippen LogP contribution < -0.4 is 21.4 Å². The number of benzene rings is 1. The average Bonchev–Trinajstić information content (AvgIpc) is 2.59. The van der Waals surface area contributed by atoms with E-state index >= 15 is 0 Å². The number of nitrogens with zero attached hydrogens (tertiary/aromatic N) is 3. The summed E-state index contributed by atoms with van der Waals surface area (Å²) in [5, 5.41) is 1.83. The van der Waals surface area contributed by atoms with Crippen LogP contribution >= 0.6 is 0 Å². The number of carbonyl (C=O) groups is 1. The molecule has 4 N–H and O–H groups in total. The third kappa shape index (κ3) is 3.63. The number of carbonyl (C=O) groups excluding carboxylic acids is 1. The lowest BCUT2D eigenvalue weighted by atomic mass is 10.1. The first-order valence-electron chi connectivity index (χ1n) is 7.14. The Balaban J connectivity index is 2.36. The van der Waals surface area contributed by atoms with Crippen LogP contribution in [0.5, 0.6) is 5.75 Å². The van der Waals surface area contributed by atoms with Gasteiger partial charge in [-0.25, -0.2) is 21.5 Å². The van der Waals surface area contributed by atoms with Gasteiger partial charge in [0.25, 0.3) is 0 Å². The Bertz CT molecular complexity index is 783. The highest BCUT2D eigenvalue weighted by molar-refractivity contribution is 5.91. The van der Waals surface area contributed by atoms with E-state index in [4.69, 9.17) is 22.8 Å². The number of pyridine rings is 1. The third-order valence-electron chi connectivity index (χ3n) is 3.44. The number of ether oxygens (including phenoxy) is 1. The van der Waals surface area contributed by atoms with Gasteiger partial charge in [-0.3, -0.25) is 9.99 Å². The minimum absolute atomic E-state index is 0.136. The topological polar surface area (TPSA) is 97.7 Å². The highest BCUT2D eigenvalue weighted by Crippen LogP contribution is 2.25. The smallest absolute Gasteiger partial charge is 0.352 e. The number of anilines is 1. The molecule has 2 aromatic rings. The minimum Gasteiger partial charge on any atom is -0.487 e. The lowest BCUT2D eigenvalue weighted by molar-refractivity contribution is 0.216. The Morgan fingerprint density at radius 3 is 2.75 bits per heavy atom. The van der Waals surface area contributed by atoms with E-state index in [9.17, 15) is 4.79 Å². The number of hydrogen-bond donors (Lipinski definition) is 2. The maximum absolute atomic E-state index is 12.0. The summed E-state index contributed by atoms with van der Waals surface area (Å²) in [6.45, 7) is 2.05. The molecule has 1 aromatic heterocycles. The van der Waals surface area contributed by atoms with E-state index in [0.29, 0.717) is 22.6 Å². The zero-order valence-electron chi connectivity index (χ0n) is 13.6. The maximum atomic E-state index is 12.0. The molecule has 0 unspecified atom stereocenters. The zero-order chi connectivity index (χ0) is 17.7. The minimum atomic E-state index is -0.581. The zero-order valence-corrected chi connectivity index (χ0v) is 13.6. The molecule has 7 nitrogen and oxygen atoms in total. The standard InChI is InChI=1S/C17H19N5O2/c1-4-13-6-5-7-15(22(19)17(23)21(3)18)14(13)11-24-16-10-20-9-8-12(16)2/h1,5-10H,11,18-19H2,2-3H3. The molecule has 0 saturated heterocycles. The number of terminal acetylenes is 1. The fourth-order valence-corrected chi connectivity index (χ4v) is 2.11. The molecule has 0 spiro atoms. The second kappa shape index (κ2) is 7.46. The van der Waals surface area contributed by atoms with Crippen molar-refractivity contribution in [3.63, 3.8) is 0 Å². The van der Waals surface area contributed by atoms with Crippen LogP contribution in [0.3, 0.4) is 0 Å². The quantitative estimate of drug-likeness (QED) is 0.385. The summed E-state index contributed by atoms with van der Waals surface area (Å²) in [5.41, 5.74) is 2.55. The summed E-state index contributed by atoms with van der Waals surface area (Å²) in [6.07, 6.45) is 8.86. The van der Waals surface area contributed by atoms with Gasteiger partial charge < -0.3 is 4.74 Å². The van der Waals surface area contributed by atoms with Gasteiger partial charge in [0.1, 0.15) is 12.4 Å². The van der Waals surface area contributed by atoms with E-state index in [0.717, 1.165) is 15.6 Å². The third-order valence-corrected chi connectivity index (χ3v) is 3.44. The molecule has 0 aliphatic heterocycles. The van der Waals surface area contributed by atoms with Gasteiger partial charge in [-0.05, 0) is 30.7 Å². The summed E-state index contributed by atoms with van der Waals surface area (Å²) in [7, 11) is 1.41. The SMILES string of the molecule is C#Cc1cccc(N(N)C(=O)N(C)N)c1COc1cnccc1C. The molecule has 7 heteroatoms. The molecule has 0 aliphatic carbocycles. The molecule has 2 amide bonds. The molecular formula is C17H19N5O2. The van der Waals surface area contributed by atoms with E-state index in [1.54, 1.807) is 30.6 Å². The summed E-state index contributed by atoms with van der Waals surface area (Å²) in [4.78, 5) is 16.1. The fourth-order valence-electron chi connectivity index (χ4n) is 2.11. The number of hydrogen-bond acceptors (Lipinski definition) is 5. The number of urea groups is 1. The van der Waals surface area contributed by atoms with Crippen LogP contribution in [0.15, 0.2) is 36.7 Å². The number of rotatable bonds is 4. The largest absolute Gasteiger partial charge is 0.487 e. The Kier molecular flexibility index (Phi) is 5.37. The van der Waals surface area contributed by atoms with Crippen molar-refractivity contribution in [2.75, 3.05) is 12.1 Å². The van der Waals surface area contributed by atoms with Crippen LogP contribution in [0.4, 0.5) is 10.5 Å². The van der Waals surface area contributed by atoms with Crippen molar-refractivity contribution in [2.45, 2.75) is 13.5 Å². The molecular weight excluding hydrogens is 306 g/mol. The van der Waals surface area contributed by atoms with Crippen molar-refractivity contribution in [2.24, 2.45) is 11.7 Å². The molecule has 24 heavy (non-hydrogen) atoms. The van der Waals surface area contributed by atoms with Gasteiger partial charge in [-0.2, -0.15) is 0 Å². The Morgan fingerprint density at radius 2 is 2.12 bits per heavy atom. The van der Waals surface area contributed by atoms with Gasteiger partial charge in [0.05, 0.1) is 11.9 Å². The number of aryl methyl sites for hydroxylation is 1. The number of hydrazine groups is 2. The number of amides is 2. The van der Waals surface area contributed by atoms with E-state index in [-0.39, 0.29) is 6.61 Å². The first kappa shape index (κ1) is 17.3. The van der Waals surface area contributed by atoms with Gasteiger partial charge in [0, 0.05) is 24.4 Å². The van der Waals surface area contributed by atoms with Crippen molar-refractivity contribution in [3.05, 3.63) is 53.3 Å². The molecule has 0 fully saturated rings. The van der Waals surface area contributed by atoms with Crippen LogP contribution in [0.2, 0.25) is 0 Å². The lowest BCUT2D eigenvalue weighted by Crippen LogP contribution is -2.49. The van der Waals surface area contributed by atoms with Crippen molar-refractivity contribution in [3.8, 4) is 18.1 Å². The van der Waals surface area contributed by atoms with Crippen LogP contribution in [-0.2, 0) is 6.61 Å². The Labute approximate surface area is 140 Å². The van der Waals surface area contributed by atoms with E-state index < -0.39 is 6.03 Å². The van der Waals surface area contributed by atoms with Gasteiger partial charge >= 0.3 is 6.03 Å². The normalized spacial score (nSPS) is 9.96. The molecule has 1 heterocycles. The molecule has 124 valence electrons. The van der Waals surface area contributed by atoms with Gasteiger partial charge in [-0.15, -0.1) is 6.42 Å². The van der Waals surface area contributed by atoms with Gasteiger partial charge in [-0.1, -0.05) is 12.0 Å². The fraction of sp³-hybridized carbons (Fsp3) is 0.176. The van der Waals surface area contributed by atoms with Crippen LogP contribution in [-0.4, -0.2) is 23.1 Å². The second-order valence-electron chi connectivity index (χ2n) is 5.14. The first-order chi connectivity index (χ1) is 11.5. The van der Waals surface area contributed by atoms with Gasteiger partial charge in [0.2, 0.25) is 0 Å². The Morgan fingerprint density at radius 1 is 1.38 bits per heavy atom. The average molecular weight is 325 g/mol. The summed E-state index contributed by atoms with van der Waals surface area (Å²) >= 11 is 0. The predicted octanol–water partition coefficient (Wildman–Crippen LogP) is 1.56.